The van der Waals surface area contributed by atoms with Crippen molar-refractivity contribution in [2.45, 2.75) is 19.2 Å². The maximum atomic E-state index is 12.6. The van der Waals surface area contributed by atoms with Crippen LogP contribution in [-0.4, -0.2) is 16.5 Å². The largest absolute Gasteiger partial charge is 0.574 e. The van der Waals surface area contributed by atoms with Crippen LogP contribution in [0.1, 0.15) is 17.6 Å². The second-order valence-corrected chi connectivity index (χ2v) is 3.02. The molecule has 0 spiro atoms. The summed E-state index contributed by atoms with van der Waals surface area (Å²) in [5.74, 6) is -2.16. The number of hydrogen-bond donors (Lipinski definition) is 1. The number of aromatic hydroxyl groups is 1. The molecule has 1 aromatic heterocycles. The number of alkyl halides is 5. The molecule has 0 unspecified atom stereocenters. The van der Waals surface area contributed by atoms with Crippen molar-refractivity contribution in [2.24, 2.45) is 0 Å². The second kappa shape index (κ2) is 5.03. The van der Waals surface area contributed by atoms with Gasteiger partial charge < -0.3 is 9.84 Å². The number of rotatable bonds is 3. The predicted molar refractivity (Wildman–Crippen MR) is 46.9 cm³/mol. The van der Waals surface area contributed by atoms with Gasteiger partial charge in [-0.25, -0.2) is 13.8 Å². The molecule has 0 atom stereocenters. The SMILES string of the molecule is N#CCc1c(OC(F)(F)F)ncc(O)c1C(F)F. The Balaban J connectivity index is 3.35. The fourth-order valence-electron chi connectivity index (χ4n) is 1.23. The maximum absolute atomic E-state index is 12.6. The lowest BCUT2D eigenvalue weighted by atomic mass is 10.1. The molecule has 9 heteroatoms. The van der Waals surface area contributed by atoms with E-state index in [0.29, 0.717) is 6.20 Å². The third kappa shape index (κ3) is 3.19. The molecule has 1 aromatic rings. The minimum absolute atomic E-state index is 0.406. The summed E-state index contributed by atoms with van der Waals surface area (Å²) >= 11 is 0. The molecular weight excluding hydrogens is 263 g/mol. The minimum Gasteiger partial charge on any atom is -0.506 e. The monoisotopic (exact) mass is 268 g/mol. The summed E-state index contributed by atoms with van der Waals surface area (Å²) in [6, 6.07) is 1.40. The molecule has 1 heterocycles. The molecule has 1 rings (SSSR count). The Kier molecular flexibility index (Phi) is 3.90. The molecule has 0 saturated heterocycles. The van der Waals surface area contributed by atoms with Gasteiger partial charge >= 0.3 is 6.36 Å². The molecule has 0 aliphatic heterocycles. The summed E-state index contributed by atoms with van der Waals surface area (Å²) in [5.41, 5.74) is -1.88. The van der Waals surface area contributed by atoms with E-state index >= 15 is 0 Å². The zero-order valence-electron chi connectivity index (χ0n) is 8.50. The van der Waals surface area contributed by atoms with Gasteiger partial charge in [-0.3, -0.25) is 0 Å². The van der Waals surface area contributed by atoms with Crippen molar-refractivity contribution in [3.63, 3.8) is 0 Å². The van der Waals surface area contributed by atoms with E-state index in [9.17, 15) is 22.0 Å². The van der Waals surface area contributed by atoms with Gasteiger partial charge in [0.2, 0.25) is 5.88 Å². The Bertz CT molecular complexity index is 481. The maximum Gasteiger partial charge on any atom is 0.574 e. The van der Waals surface area contributed by atoms with E-state index < -0.39 is 42.0 Å². The Labute approximate surface area is 97.2 Å². The number of aromatic nitrogens is 1. The molecule has 0 amide bonds. The Morgan fingerprint density at radius 3 is 2.50 bits per heavy atom. The zero-order chi connectivity index (χ0) is 13.9. The highest BCUT2D eigenvalue weighted by molar-refractivity contribution is 5.45. The first-order valence-corrected chi connectivity index (χ1v) is 4.38. The fraction of sp³-hybridized carbons (Fsp3) is 0.333. The summed E-state index contributed by atoms with van der Waals surface area (Å²) in [6.45, 7) is 0. The molecule has 0 saturated carbocycles. The van der Waals surface area contributed by atoms with Crippen molar-refractivity contribution >= 4 is 0 Å². The van der Waals surface area contributed by atoms with Gasteiger partial charge in [-0.15, -0.1) is 13.2 Å². The average Bonchev–Trinajstić information content (AvgIpc) is 2.20. The number of nitriles is 1. The predicted octanol–water partition coefficient (Wildman–Crippen LogP) is 2.69. The molecule has 0 aliphatic rings. The van der Waals surface area contributed by atoms with Crippen molar-refractivity contribution in [3.8, 4) is 17.7 Å². The van der Waals surface area contributed by atoms with Crippen molar-refractivity contribution < 1.29 is 31.8 Å². The first-order chi connectivity index (χ1) is 8.26. The summed E-state index contributed by atoms with van der Waals surface area (Å²) in [7, 11) is 0. The van der Waals surface area contributed by atoms with Crippen LogP contribution in [0.5, 0.6) is 11.6 Å². The van der Waals surface area contributed by atoms with E-state index in [4.69, 9.17) is 10.4 Å². The standard InChI is InChI=1S/C9H5F5N2O2/c10-7(11)6-4(1-2-15)8(16-3-5(6)17)18-9(12,13)14/h3,7,17H,1H2. The van der Waals surface area contributed by atoms with Gasteiger partial charge in [0.25, 0.3) is 6.43 Å². The number of halogens is 5. The summed E-state index contributed by atoms with van der Waals surface area (Å²) in [6.07, 6.45) is -8.78. The first-order valence-electron chi connectivity index (χ1n) is 4.38. The summed E-state index contributed by atoms with van der Waals surface area (Å²) < 4.78 is 64.6. The van der Waals surface area contributed by atoms with Crippen LogP contribution in [0.15, 0.2) is 6.20 Å². The van der Waals surface area contributed by atoms with E-state index in [2.05, 4.69) is 9.72 Å². The van der Waals surface area contributed by atoms with Crippen molar-refractivity contribution in [2.75, 3.05) is 0 Å². The molecule has 1 N–H and O–H groups in total. The Morgan fingerprint density at radius 1 is 1.44 bits per heavy atom. The minimum atomic E-state index is -5.13. The van der Waals surface area contributed by atoms with Gasteiger partial charge in [-0.05, 0) is 0 Å². The summed E-state index contributed by atoms with van der Waals surface area (Å²) in [5, 5.41) is 17.5. The van der Waals surface area contributed by atoms with Crippen LogP contribution in [0.4, 0.5) is 22.0 Å². The van der Waals surface area contributed by atoms with Crippen LogP contribution in [0.3, 0.4) is 0 Å². The molecule has 0 radical (unpaired) electrons. The van der Waals surface area contributed by atoms with Gasteiger partial charge in [-0.1, -0.05) is 0 Å². The van der Waals surface area contributed by atoms with Crippen LogP contribution in [0.25, 0.3) is 0 Å². The van der Waals surface area contributed by atoms with Crippen LogP contribution in [0.2, 0.25) is 0 Å². The number of pyridine rings is 1. The van der Waals surface area contributed by atoms with E-state index in [0.717, 1.165) is 0 Å². The lowest BCUT2D eigenvalue weighted by molar-refractivity contribution is -0.276. The molecule has 18 heavy (non-hydrogen) atoms. The highest BCUT2D eigenvalue weighted by atomic mass is 19.4. The van der Waals surface area contributed by atoms with Crippen LogP contribution in [-0.2, 0) is 6.42 Å². The smallest absolute Gasteiger partial charge is 0.506 e. The van der Waals surface area contributed by atoms with Gasteiger partial charge in [0.15, 0.2) is 0 Å². The van der Waals surface area contributed by atoms with E-state index in [1.807, 2.05) is 0 Å². The Morgan fingerprint density at radius 2 is 2.06 bits per heavy atom. The lowest BCUT2D eigenvalue weighted by Gasteiger charge is -2.14. The van der Waals surface area contributed by atoms with Crippen molar-refractivity contribution in [1.82, 2.24) is 4.98 Å². The average molecular weight is 268 g/mol. The fourth-order valence-corrected chi connectivity index (χ4v) is 1.23. The number of nitrogens with zero attached hydrogens (tertiary/aromatic N) is 2. The summed E-state index contributed by atoms with van der Waals surface area (Å²) in [4.78, 5) is 3.05. The lowest BCUT2D eigenvalue weighted by Crippen LogP contribution is -2.19. The molecule has 98 valence electrons. The molecule has 0 bridgehead atoms. The van der Waals surface area contributed by atoms with Gasteiger partial charge in [0, 0.05) is 5.56 Å². The van der Waals surface area contributed by atoms with Gasteiger partial charge in [0.1, 0.15) is 5.75 Å². The number of ether oxygens (including phenoxy) is 1. The third-order valence-electron chi connectivity index (χ3n) is 1.85. The van der Waals surface area contributed by atoms with E-state index in [1.165, 1.54) is 6.07 Å². The quantitative estimate of drug-likeness (QED) is 0.856. The van der Waals surface area contributed by atoms with Gasteiger partial charge in [-0.2, -0.15) is 5.26 Å². The first kappa shape index (κ1) is 14.0. The topological polar surface area (TPSA) is 66.1 Å². The Hall–Kier alpha value is -2.11. The van der Waals surface area contributed by atoms with Crippen molar-refractivity contribution in [1.29, 1.82) is 5.26 Å². The second-order valence-electron chi connectivity index (χ2n) is 3.02. The number of hydrogen-bond acceptors (Lipinski definition) is 4. The van der Waals surface area contributed by atoms with Crippen molar-refractivity contribution in [3.05, 3.63) is 17.3 Å². The zero-order valence-corrected chi connectivity index (χ0v) is 8.50. The molecule has 0 aromatic carbocycles. The highest BCUT2D eigenvalue weighted by Gasteiger charge is 2.34. The molecule has 0 fully saturated rings. The molecular formula is C9H5F5N2O2. The van der Waals surface area contributed by atoms with Crippen LogP contribution >= 0.6 is 0 Å². The van der Waals surface area contributed by atoms with Crippen LogP contribution in [0, 0.1) is 11.3 Å². The van der Waals surface area contributed by atoms with Crippen LogP contribution < -0.4 is 4.74 Å². The normalized spacial score (nSPS) is 11.4. The molecule has 4 nitrogen and oxygen atoms in total. The van der Waals surface area contributed by atoms with E-state index in [-0.39, 0.29) is 0 Å². The highest BCUT2D eigenvalue weighted by Crippen LogP contribution is 2.37. The van der Waals surface area contributed by atoms with E-state index in [1.54, 1.807) is 0 Å². The third-order valence-corrected chi connectivity index (χ3v) is 1.85. The van der Waals surface area contributed by atoms with Gasteiger partial charge in [0.05, 0.1) is 24.3 Å². The molecule has 0 aliphatic carbocycles.